The zero-order chi connectivity index (χ0) is 17.9. The second-order valence-electron chi connectivity index (χ2n) is 5.27. The van der Waals surface area contributed by atoms with Crippen molar-refractivity contribution in [1.29, 1.82) is 0 Å². The summed E-state index contributed by atoms with van der Waals surface area (Å²) in [7, 11) is 0. The van der Waals surface area contributed by atoms with Crippen LogP contribution in [0.1, 0.15) is 10.4 Å². The zero-order valence-electron chi connectivity index (χ0n) is 13.4. The van der Waals surface area contributed by atoms with E-state index in [4.69, 9.17) is 5.73 Å². The Labute approximate surface area is 147 Å². The molecule has 4 N–H and O–H groups in total. The van der Waals surface area contributed by atoms with Gasteiger partial charge in [0, 0.05) is 12.4 Å². The number of amides is 1. The number of carbonyl (C=O) groups excluding carboxylic acids is 1. The number of fused-ring (bicyclic) bond motifs is 1. The summed E-state index contributed by atoms with van der Waals surface area (Å²) < 4.78 is 1.51. The molecule has 3 aromatic heterocycles. The number of anilines is 2. The molecule has 4 rings (SSSR count). The highest BCUT2D eigenvalue weighted by molar-refractivity contribution is 5.94. The van der Waals surface area contributed by atoms with Gasteiger partial charge in [-0.1, -0.05) is 17.3 Å². The molecule has 0 atom stereocenters. The number of hydrazine groups is 1. The van der Waals surface area contributed by atoms with Crippen molar-refractivity contribution in [3.05, 3.63) is 60.7 Å². The Morgan fingerprint density at radius 2 is 2.00 bits per heavy atom. The van der Waals surface area contributed by atoms with E-state index in [-0.39, 0.29) is 17.4 Å². The lowest BCUT2D eigenvalue weighted by Crippen LogP contribution is -2.30. The number of nitrogen functional groups attached to an aromatic ring is 1. The third kappa shape index (κ3) is 2.75. The van der Waals surface area contributed by atoms with E-state index in [2.05, 4.69) is 36.1 Å². The van der Waals surface area contributed by atoms with Crippen molar-refractivity contribution in [1.82, 2.24) is 35.4 Å². The van der Waals surface area contributed by atoms with E-state index in [0.717, 1.165) is 5.52 Å². The van der Waals surface area contributed by atoms with Gasteiger partial charge >= 0.3 is 0 Å². The molecule has 1 amide bonds. The van der Waals surface area contributed by atoms with E-state index in [1.54, 1.807) is 18.3 Å². The third-order valence-electron chi connectivity index (χ3n) is 3.63. The molecule has 0 saturated heterocycles. The highest BCUT2D eigenvalue weighted by Gasteiger charge is 2.14. The van der Waals surface area contributed by atoms with Crippen LogP contribution in [0.2, 0.25) is 0 Å². The van der Waals surface area contributed by atoms with E-state index in [1.165, 1.54) is 17.2 Å². The van der Waals surface area contributed by atoms with Crippen molar-refractivity contribution >= 4 is 28.4 Å². The van der Waals surface area contributed by atoms with Crippen molar-refractivity contribution in [2.24, 2.45) is 0 Å². The fourth-order valence-corrected chi connectivity index (χ4v) is 2.37. The fourth-order valence-electron chi connectivity index (χ4n) is 2.37. The molecule has 10 nitrogen and oxygen atoms in total. The van der Waals surface area contributed by atoms with Gasteiger partial charge in [0.2, 0.25) is 0 Å². The van der Waals surface area contributed by atoms with Gasteiger partial charge in [-0.25, -0.2) is 9.97 Å². The Balaban J connectivity index is 1.61. The van der Waals surface area contributed by atoms with Gasteiger partial charge in [0.25, 0.3) is 5.91 Å². The smallest absolute Gasteiger partial charge is 0.271 e. The summed E-state index contributed by atoms with van der Waals surface area (Å²) >= 11 is 0. The van der Waals surface area contributed by atoms with Crippen LogP contribution in [-0.4, -0.2) is 35.9 Å². The second-order valence-corrected chi connectivity index (χ2v) is 5.27. The number of nitrogens with two attached hydrogens (primary N) is 1. The summed E-state index contributed by atoms with van der Waals surface area (Å²) in [4.78, 5) is 24.2. The Hall–Kier alpha value is -4.08. The molecule has 0 spiro atoms. The standard InChI is InChI=1S/C16H13N9O/c17-13-14(22-23-16(26)10-4-3-7-18-8-10)19-9-20-15(13)25-12-6-2-1-5-11(12)21-24-25/h1-9H,17H2,(H,23,26)(H,19,20,22). The lowest BCUT2D eigenvalue weighted by Gasteiger charge is -2.12. The number of benzene rings is 1. The zero-order valence-corrected chi connectivity index (χ0v) is 13.4. The van der Waals surface area contributed by atoms with Gasteiger partial charge in [0.15, 0.2) is 11.6 Å². The van der Waals surface area contributed by atoms with Gasteiger partial charge in [-0.15, -0.1) is 5.10 Å². The molecule has 4 aromatic rings. The minimum Gasteiger partial charge on any atom is -0.393 e. The first kappa shape index (κ1) is 15.4. The molecule has 0 aliphatic heterocycles. The average molecular weight is 347 g/mol. The topological polar surface area (TPSA) is 137 Å². The Bertz CT molecular complexity index is 1080. The maximum absolute atomic E-state index is 12.1. The number of nitrogens with one attached hydrogen (secondary N) is 2. The lowest BCUT2D eigenvalue weighted by atomic mass is 10.3. The molecule has 0 unspecified atom stereocenters. The molecule has 3 heterocycles. The normalized spacial score (nSPS) is 10.6. The maximum atomic E-state index is 12.1. The summed E-state index contributed by atoms with van der Waals surface area (Å²) in [6.07, 6.45) is 4.36. The largest absolute Gasteiger partial charge is 0.393 e. The van der Waals surface area contributed by atoms with Crippen LogP contribution >= 0.6 is 0 Å². The van der Waals surface area contributed by atoms with Gasteiger partial charge in [-0.2, -0.15) is 4.68 Å². The second kappa shape index (κ2) is 6.43. The summed E-state index contributed by atoms with van der Waals surface area (Å²) in [6, 6.07) is 10.7. The fraction of sp³-hybridized carbons (Fsp3) is 0. The molecule has 0 radical (unpaired) electrons. The van der Waals surface area contributed by atoms with Crippen LogP contribution in [-0.2, 0) is 0 Å². The molecule has 0 saturated carbocycles. The quantitative estimate of drug-likeness (QED) is 0.464. The molecule has 128 valence electrons. The molecular formula is C16H13N9O. The van der Waals surface area contributed by atoms with Crippen LogP contribution in [0.15, 0.2) is 55.1 Å². The van der Waals surface area contributed by atoms with Crippen LogP contribution in [0, 0.1) is 0 Å². The van der Waals surface area contributed by atoms with E-state index >= 15 is 0 Å². The number of para-hydroxylation sites is 1. The SMILES string of the molecule is Nc1c(NNC(=O)c2cccnc2)ncnc1-n1nnc2ccccc21. The van der Waals surface area contributed by atoms with Gasteiger partial charge < -0.3 is 5.73 Å². The molecule has 10 heteroatoms. The third-order valence-corrected chi connectivity index (χ3v) is 3.63. The van der Waals surface area contributed by atoms with Gasteiger partial charge in [0.05, 0.1) is 11.1 Å². The minimum absolute atomic E-state index is 0.217. The van der Waals surface area contributed by atoms with Crippen molar-refractivity contribution in [3.63, 3.8) is 0 Å². The molecule has 1 aromatic carbocycles. The molecule has 0 bridgehead atoms. The number of hydrogen-bond acceptors (Lipinski definition) is 8. The van der Waals surface area contributed by atoms with Crippen LogP contribution in [0.25, 0.3) is 16.9 Å². The lowest BCUT2D eigenvalue weighted by molar-refractivity contribution is 0.0962. The van der Waals surface area contributed by atoms with Gasteiger partial charge in [-0.3, -0.25) is 20.6 Å². The number of hydrogen-bond donors (Lipinski definition) is 3. The van der Waals surface area contributed by atoms with Crippen molar-refractivity contribution in [2.75, 3.05) is 11.2 Å². The Morgan fingerprint density at radius 3 is 2.85 bits per heavy atom. The van der Waals surface area contributed by atoms with Gasteiger partial charge in [0.1, 0.15) is 17.5 Å². The van der Waals surface area contributed by atoms with Crippen molar-refractivity contribution in [2.45, 2.75) is 0 Å². The number of carbonyl (C=O) groups is 1. The number of pyridine rings is 1. The molecular weight excluding hydrogens is 334 g/mol. The van der Waals surface area contributed by atoms with Crippen LogP contribution in [0.4, 0.5) is 11.5 Å². The first-order valence-corrected chi connectivity index (χ1v) is 7.61. The maximum Gasteiger partial charge on any atom is 0.271 e. The van der Waals surface area contributed by atoms with E-state index in [9.17, 15) is 4.79 Å². The highest BCUT2D eigenvalue weighted by Crippen LogP contribution is 2.23. The molecule has 0 aliphatic rings. The van der Waals surface area contributed by atoms with Crippen LogP contribution in [0.3, 0.4) is 0 Å². The first-order valence-electron chi connectivity index (χ1n) is 7.61. The highest BCUT2D eigenvalue weighted by atomic mass is 16.2. The monoisotopic (exact) mass is 347 g/mol. The van der Waals surface area contributed by atoms with E-state index < -0.39 is 0 Å². The Morgan fingerprint density at radius 1 is 1.12 bits per heavy atom. The predicted octanol–water partition coefficient (Wildman–Crippen LogP) is 0.945. The van der Waals surface area contributed by atoms with Crippen LogP contribution < -0.4 is 16.6 Å². The number of aromatic nitrogens is 6. The molecule has 26 heavy (non-hydrogen) atoms. The summed E-state index contributed by atoms with van der Waals surface area (Å²) in [5.41, 5.74) is 13.4. The molecule has 0 fully saturated rings. The summed E-state index contributed by atoms with van der Waals surface area (Å²) in [5, 5.41) is 8.16. The average Bonchev–Trinajstić information content (AvgIpc) is 3.11. The number of rotatable bonds is 4. The first-order chi connectivity index (χ1) is 12.7. The minimum atomic E-state index is -0.371. The number of nitrogens with zero attached hydrogens (tertiary/aromatic N) is 6. The van der Waals surface area contributed by atoms with Gasteiger partial charge in [-0.05, 0) is 24.3 Å². The summed E-state index contributed by atoms with van der Waals surface area (Å²) in [5.74, 6) is 0.225. The predicted molar refractivity (Wildman–Crippen MR) is 94.2 cm³/mol. The Kier molecular flexibility index (Phi) is 3.82. The van der Waals surface area contributed by atoms with E-state index in [1.807, 2.05) is 24.3 Å². The van der Waals surface area contributed by atoms with E-state index in [0.29, 0.717) is 16.9 Å². The van der Waals surface area contributed by atoms with Crippen molar-refractivity contribution < 1.29 is 4.79 Å². The summed E-state index contributed by atoms with van der Waals surface area (Å²) in [6.45, 7) is 0. The van der Waals surface area contributed by atoms with Crippen LogP contribution in [0.5, 0.6) is 0 Å². The van der Waals surface area contributed by atoms with Crippen molar-refractivity contribution in [3.8, 4) is 5.82 Å². The molecule has 0 aliphatic carbocycles.